The molecule has 1 fully saturated rings. The summed E-state index contributed by atoms with van der Waals surface area (Å²) in [5.74, 6) is 1.48. The van der Waals surface area contributed by atoms with Crippen LogP contribution in [-0.2, 0) is 9.53 Å². The van der Waals surface area contributed by atoms with Gasteiger partial charge in [-0.05, 0) is 37.0 Å². The van der Waals surface area contributed by atoms with E-state index in [4.69, 9.17) is 9.47 Å². The third kappa shape index (κ3) is 4.74. The number of hydrogen-bond acceptors (Lipinski definition) is 3. The summed E-state index contributed by atoms with van der Waals surface area (Å²) in [5.41, 5.74) is 1.30. The van der Waals surface area contributed by atoms with E-state index in [-0.39, 0.29) is 17.9 Å². The summed E-state index contributed by atoms with van der Waals surface area (Å²) in [6, 6.07) is 8.11. The molecule has 1 aromatic carbocycles. The van der Waals surface area contributed by atoms with Crippen molar-refractivity contribution >= 4 is 5.91 Å². The fourth-order valence-corrected chi connectivity index (χ4v) is 2.27. The van der Waals surface area contributed by atoms with Crippen LogP contribution < -0.4 is 10.1 Å². The zero-order valence-corrected chi connectivity index (χ0v) is 13.1. The van der Waals surface area contributed by atoms with Crippen LogP contribution in [0.1, 0.15) is 38.7 Å². The largest absolute Gasteiger partial charge is 0.492 e. The molecule has 1 aromatic rings. The van der Waals surface area contributed by atoms with Crippen LogP contribution in [0.4, 0.5) is 0 Å². The number of ether oxygens (including phenoxy) is 2. The van der Waals surface area contributed by atoms with Gasteiger partial charge in [0.1, 0.15) is 12.4 Å². The van der Waals surface area contributed by atoms with Crippen molar-refractivity contribution < 1.29 is 14.3 Å². The minimum Gasteiger partial charge on any atom is -0.492 e. The van der Waals surface area contributed by atoms with Crippen molar-refractivity contribution in [1.29, 1.82) is 0 Å². The van der Waals surface area contributed by atoms with Crippen LogP contribution in [-0.4, -0.2) is 31.8 Å². The Balaban J connectivity index is 1.62. The Bertz CT molecular complexity index is 456. The predicted molar refractivity (Wildman–Crippen MR) is 82.6 cm³/mol. The molecule has 0 aliphatic heterocycles. The quantitative estimate of drug-likeness (QED) is 0.749. The van der Waals surface area contributed by atoms with E-state index in [1.807, 2.05) is 19.1 Å². The van der Waals surface area contributed by atoms with Crippen LogP contribution in [0.2, 0.25) is 0 Å². The first-order valence-electron chi connectivity index (χ1n) is 7.74. The van der Waals surface area contributed by atoms with Crippen LogP contribution in [0.25, 0.3) is 0 Å². The van der Waals surface area contributed by atoms with Crippen molar-refractivity contribution in [3.05, 3.63) is 29.8 Å². The molecule has 2 rings (SSSR count). The highest BCUT2D eigenvalue weighted by atomic mass is 16.5. The van der Waals surface area contributed by atoms with Crippen molar-refractivity contribution in [1.82, 2.24) is 5.32 Å². The first-order chi connectivity index (χ1) is 10.1. The van der Waals surface area contributed by atoms with Crippen molar-refractivity contribution in [3.8, 4) is 5.75 Å². The van der Waals surface area contributed by atoms with Gasteiger partial charge in [-0.3, -0.25) is 4.79 Å². The molecule has 0 aromatic heterocycles. The van der Waals surface area contributed by atoms with E-state index in [2.05, 4.69) is 31.3 Å². The molecular weight excluding hydrogens is 266 g/mol. The molecule has 1 aliphatic carbocycles. The minimum atomic E-state index is 0.0373. The molecule has 116 valence electrons. The molecule has 0 heterocycles. The summed E-state index contributed by atoms with van der Waals surface area (Å²) in [4.78, 5) is 11.8. The van der Waals surface area contributed by atoms with Crippen LogP contribution in [0.5, 0.6) is 5.75 Å². The van der Waals surface area contributed by atoms with Gasteiger partial charge in [0.05, 0.1) is 18.6 Å². The lowest BCUT2D eigenvalue weighted by Crippen LogP contribution is -2.30. The smallest absolute Gasteiger partial charge is 0.225 e. The second kappa shape index (κ2) is 7.46. The normalized spacial score (nSPS) is 20.4. The SMILES string of the molecule is CCOC1CC1C(=O)NCCOc1ccc(C(C)C)cc1. The highest BCUT2D eigenvalue weighted by Crippen LogP contribution is 2.33. The Morgan fingerprint density at radius 2 is 2.05 bits per heavy atom. The molecule has 1 amide bonds. The molecule has 2 atom stereocenters. The third-order valence-electron chi connectivity index (χ3n) is 3.67. The fourth-order valence-electron chi connectivity index (χ4n) is 2.27. The Labute approximate surface area is 126 Å². The molecule has 1 saturated carbocycles. The molecule has 0 spiro atoms. The zero-order valence-electron chi connectivity index (χ0n) is 13.1. The molecular formula is C17H25NO3. The summed E-state index contributed by atoms with van der Waals surface area (Å²) in [7, 11) is 0. The lowest BCUT2D eigenvalue weighted by molar-refractivity contribution is -0.123. The van der Waals surface area contributed by atoms with Gasteiger partial charge in [-0.2, -0.15) is 0 Å². The zero-order chi connectivity index (χ0) is 15.2. The Kier molecular flexibility index (Phi) is 5.62. The van der Waals surface area contributed by atoms with E-state index >= 15 is 0 Å². The predicted octanol–water partition coefficient (Wildman–Crippen LogP) is 2.73. The molecule has 0 bridgehead atoms. The summed E-state index contributed by atoms with van der Waals surface area (Å²) in [6.45, 7) is 7.96. The van der Waals surface area contributed by atoms with Gasteiger partial charge in [-0.25, -0.2) is 0 Å². The fraction of sp³-hybridized carbons (Fsp3) is 0.588. The van der Waals surface area contributed by atoms with E-state index in [0.717, 1.165) is 12.2 Å². The van der Waals surface area contributed by atoms with E-state index in [1.165, 1.54) is 5.56 Å². The van der Waals surface area contributed by atoms with Crippen molar-refractivity contribution in [2.75, 3.05) is 19.8 Å². The van der Waals surface area contributed by atoms with E-state index in [1.54, 1.807) is 0 Å². The van der Waals surface area contributed by atoms with Gasteiger partial charge in [0, 0.05) is 6.61 Å². The average Bonchev–Trinajstić information content (AvgIpc) is 3.24. The topological polar surface area (TPSA) is 47.6 Å². The Hall–Kier alpha value is -1.55. The monoisotopic (exact) mass is 291 g/mol. The number of amides is 1. The number of hydrogen-bond donors (Lipinski definition) is 1. The maximum absolute atomic E-state index is 11.8. The maximum Gasteiger partial charge on any atom is 0.225 e. The molecule has 4 heteroatoms. The lowest BCUT2D eigenvalue weighted by atomic mass is 10.0. The van der Waals surface area contributed by atoms with Gasteiger partial charge < -0.3 is 14.8 Å². The molecule has 2 unspecified atom stereocenters. The standard InChI is InChI=1S/C17H25NO3/c1-4-20-16-11-15(16)17(19)18-9-10-21-14-7-5-13(6-8-14)12(2)3/h5-8,12,15-16H,4,9-11H2,1-3H3,(H,18,19). The van der Waals surface area contributed by atoms with Crippen molar-refractivity contribution in [2.45, 2.75) is 39.2 Å². The van der Waals surface area contributed by atoms with Gasteiger partial charge in [-0.15, -0.1) is 0 Å². The molecule has 0 saturated heterocycles. The molecule has 0 radical (unpaired) electrons. The first kappa shape index (κ1) is 15.8. The van der Waals surface area contributed by atoms with Gasteiger partial charge in [0.2, 0.25) is 5.91 Å². The van der Waals surface area contributed by atoms with Gasteiger partial charge >= 0.3 is 0 Å². The Morgan fingerprint density at radius 1 is 1.33 bits per heavy atom. The average molecular weight is 291 g/mol. The van der Waals surface area contributed by atoms with Crippen molar-refractivity contribution in [2.24, 2.45) is 5.92 Å². The number of nitrogens with one attached hydrogen (secondary N) is 1. The Morgan fingerprint density at radius 3 is 2.67 bits per heavy atom. The molecule has 4 nitrogen and oxygen atoms in total. The summed E-state index contributed by atoms with van der Waals surface area (Å²) in [6.07, 6.45) is 0.969. The molecule has 1 N–H and O–H groups in total. The highest BCUT2D eigenvalue weighted by molar-refractivity contribution is 5.82. The second-order valence-electron chi connectivity index (χ2n) is 5.70. The minimum absolute atomic E-state index is 0.0373. The van der Waals surface area contributed by atoms with Crippen LogP contribution >= 0.6 is 0 Å². The van der Waals surface area contributed by atoms with E-state index in [0.29, 0.717) is 25.7 Å². The summed E-state index contributed by atoms with van der Waals surface area (Å²) < 4.78 is 11.0. The third-order valence-corrected chi connectivity index (χ3v) is 3.67. The number of carbonyl (C=O) groups is 1. The number of rotatable bonds is 8. The number of benzene rings is 1. The maximum atomic E-state index is 11.8. The molecule has 1 aliphatic rings. The van der Waals surface area contributed by atoms with Crippen molar-refractivity contribution in [3.63, 3.8) is 0 Å². The van der Waals surface area contributed by atoms with E-state index < -0.39 is 0 Å². The first-order valence-corrected chi connectivity index (χ1v) is 7.74. The second-order valence-corrected chi connectivity index (χ2v) is 5.70. The van der Waals surface area contributed by atoms with Gasteiger partial charge in [0.15, 0.2) is 0 Å². The highest BCUT2D eigenvalue weighted by Gasteiger charge is 2.43. The van der Waals surface area contributed by atoms with Crippen LogP contribution in [0, 0.1) is 5.92 Å². The number of carbonyl (C=O) groups excluding carboxylic acids is 1. The van der Waals surface area contributed by atoms with Gasteiger partial charge in [-0.1, -0.05) is 26.0 Å². The summed E-state index contributed by atoms with van der Waals surface area (Å²) >= 11 is 0. The van der Waals surface area contributed by atoms with Crippen LogP contribution in [0.3, 0.4) is 0 Å². The van der Waals surface area contributed by atoms with E-state index in [9.17, 15) is 4.79 Å². The van der Waals surface area contributed by atoms with Gasteiger partial charge in [0.25, 0.3) is 0 Å². The van der Waals surface area contributed by atoms with Crippen LogP contribution in [0.15, 0.2) is 24.3 Å². The molecule has 21 heavy (non-hydrogen) atoms. The lowest BCUT2D eigenvalue weighted by Gasteiger charge is -2.09. The summed E-state index contributed by atoms with van der Waals surface area (Å²) in [5, 5.41) is 2.89.